The molecule has 0 heterocycles. The number of nitrogens with one attached hydrogen (secondary N) is 5. The molecule has 0 spiro atoms. The summed E-state index contributed by atoms with van der Waals surface area (Å²) in [6.45, 7) is 3.88. The third-order valence-electron chi connectivity index (χ3n) is 15.0. The lowest BCUT2D eigenvalue weighted by atomic mass is 9.94. The van der Waals surface area contributed by atoms with Crippen molar-refractivity contribution in [2.75, 3.05) is 78.7 Å². The summed E-state index contributed by atoms with van der Waals surface area (Å²) >= 11 is 3.53. The first-order valence-electron chi connectivity index (χ1n) is 32.8. The topological polar surface area (TPSA) is 383 Å². The second kappa shape index (κ2) is 57.5. The summed E-state index contributed by atoms with van der Waals surface area (Å²) in [7, 11) is 0. The van der Waals surface area contributed by atoms with Gasteiger partial charge in [-0.2, -0.15) is 12.6 Å². The van der Waals surface area contributed by atoms with Gasteiger partial charge in [0.25, 0.3) is 0 Å². The van der Waals surface area contributed by atoms with Crippen LogP contribution in [0.15, 0.2) is 30.3 Å². The highest BCUT2D eigenvalue weighted by Crippen LogP contribution is 2.17. The second-order valence-corrected chi connectivity index (χ2v) is 22.9. The zero-order valence-corrected chi connectivity index (χ0v) is 55.7. The summed E-state index contributed by atoms with van der Waals surface area (Å²) in [5.74, 6) is -8.80. The number of hydrogen-bond donors (Lipinski definition) is 10. The number of hydrogen-bond acceptors (Lipinski definition) is 18. The summed E-state index contributed by atoms with van der Waals surface area (Å²) < 4.78 is 21.5. The highest BCUT2D eigenvalue weighted by molar-refractivity contribution is 7.79. The van der Waals surface area contributed by atoms with Crippen LogP contribution in [0.2, 0.25) is 0 Å². The molecule has 1 rings (SSSR count). The van der Waals surface area contributed by atoms with Crippen molar-refractivity contribution >= 4 is 83.3 Å². The first kappa shape index (κ1) is 85.8. The molecule has 0 fully saturated rings. The van der Waals surface area contributed by atoms with E-state index in [0.717, 1.165) is 56.9 Å². The van der Waals surface area contributed by atoms with E-state index in [2.05, 4.69) is 39.2 Å². The van der Waals surface area contributed by atoms with E-state index in [9.17, 15) is 72.9 Å². The minimum absolute atomic E-state index is 0.000585. The van der Waals surface area contributed by atoms with Gasteiger partial charge in [-0.15, -0.1) is 0 Å². The van der Waals surface area contributed by atoms with Gasteiger partial charge in [0.1, 0.15) is 42.6 Å². The molecule has 0 radical (unpaired) electrons. The van der Waals surface area contributed by atoms with Gasteiger partial charge in [0.15, 0.2) is 5.78 Å². The Kier molecular flexibility index (Phi) is 53.6. The summed E-state index contributed by atoms with van der Waals surface area (Å²) in [4.78, 5) is 146. The predicted octanol–water partition coefficient (Wildman–Crippen LogP) is 6.81. The van der Waals surface area contributed by atoms with Gasteiger partial charge < -0.3 is 66.0 Å². The number of rotatable bonds is 62. The lowest BCUT2D eigenvalue weighted by molar-refractivity contribution is -0.145. The molecule has 26 heteroatoms. The molecular formula is C66H109N5O20S. The normalized spacial score (nSPS) is 12.6. The molecule has 0 saturated carbocycles. The number of thiol groups is 1. The third kappa shape index (κ3) is 50.4. The maximum absolute atomic E-state index is 12.7. The Morgan fingerprint density at radius 1 is 0.446 bits per heavy atom. The highest BCUT2D eigenvalue weighted by Gasteiger charge is 2.26. The molecule has 92 heavy (non-hydrogen) atoms. The number of carbonyl (C=O) groups excluding carboxylic acids is 8. The Labute approximate surface area is 549 Å². The van der Waals surface area contributed by atoms with Crippen molar-refractivity contribution in [1.82, 2.24) is 26.6 Å². The molecule has 25 nitrogen and oxygen atoms in total. The van der Waals surface area contributed by atoms with Crippen molar-refractivity contribution < 1.29 is 96.9 Å². The number of unbranched alkanes of at least 4 members (excludes halogenated alkanes) is 14. The van der Waals surface area contributed by atoms with Gasteiger partial charge in [-0.3, -0.25) is 47.9 Å². The Bertz CT molecular complexity index is 2280. The lowest BCUT2D eigenvalue weighted by Gasteiger charge is -2.17. The predicted molar refractivity (Wildman–Crippen MR) is 348 cm³/mol. The Balaban J connectivity index is 0.0000410. The molecule has 0 aromatic heterocycles. The van der Waals surface area contributed by atoms with Gasteiger partial charge in [-0.1, -0.05) is 114 Å². The standard InChI is InChI=1S/C65H105N5O20.CH4S/c1-48(43-50-23-16-15-17-24-50)57(74)45-68-54(49(2)71)26-20-21-35-66-58(75)33-29-51(63(81)82)44-52(72)30-31-55(64(83)84)70-61(78)47-90-42-39-87-37-22-25-53(73)46-89-41-40-88-38-36-67-59(76)34-32-56(65(85)86)69-60(77)27-18-13-11-9-7-5-3-4-6-8-10-12-14-19-28-62(79)80;1-2/h15-17,23-24,48,51,54-56,68H,3-14,18-22,25-47H2,1-2H3,(H,66,75)(H,67,76)(H,69,77)(H,70,78)(H,79,80)(H,81,82)(H,83,84)(H,85,86);2H,1H3/t48-,51-,54?,55+,56+;/m1./s1. The SMILES string of the molecule is CC(=O)C(CCCCNC(=O)CC[C@H](CC(=O)CC[C@H](NC(=O)COCCOCCCC(=O)COCCOCCNC(=O)CC[C@H](NC(=O)CCCCCCCCCCCCCCCCC(=O)O)C(=O)O)C(=O)O)C(=O)O)NCC(=O)[C@H](C)Cc1ccccc1.CS. The van der Waals surface area contributed by atoms with E-state index in [4.69, 9.17) is 24.1 Å². The van der Waals surface area contributed by atoms with E-state index in [1.807, 2.05) is 37.3 Å². The van der Waals surface area contributed by atoms with Crippen LogP contribution in [0.25, 0.3) is 0 Å². The number of aliphatic carboxylic acids is 4. The minimum atomic E-state index is -1.45. The van der Waals surface area contributed by atoms with E-state index < -0.39 is 78.5 Å². The number of carbonyl (C=O) groups is 12. The van der Waals surface area contributed by atoms with Crippen molar-refractivity contribution in [1.29, 1.82) is 0 Å². The van der Waals surface area contributed by atoms with Crippen molar-refractivity contribution in [3.8, 4) is 0 Å². The second-order valence-electron chi connectivity index (χ2n) is 22.9. The molecule has 0 aliphatic carbocycles. The van der Waals surface area contributed by atoms with Gasteiger partial charge in [-0.05, 0) is 83.0 Å². The molecule has 4 amide bonds. The van der Waals surface area contributed by atoms with Gasteiger partial charge in [-0.25, -0.2) is 9.59 Å². The van der Waals surface area contributed by atoms with Crippen molar-refractivity contribution in [2.45, 2.75) is 218 Å². The number of benzene rings is 1. The smallest absolute Gasteiger partial charge is 0.326 e. The maximum atomic E-state index is 12.7. The Hall–Kier alpha value is -6.19. The van der Waals surface area contributed by atoms with Crippen LogP contribution in [0.4, 0.5) is 0 Å². The van der Waals surface area contributed by atoms with Crippen molar-refractivity contribution in [3.05, 3.63) is 35.9 Å². The van der Waals surface area contributed by atoms with Crippen molar-refractivity contribution in [2.24, 2.45) is 11.8 Å². The summed E-state index contributed by atoms with van der Waals surface area (Å²) in [5, 5.41) is 50.8. The van der Waals surface area contributed by atoms with Crippen LogP contribution in [0.5, 0.6) is 0 Å². The number of Topliss-reactive ketones (excluding diaryl/α,β-unsaturated/α-hetero) is 4. The largest absolute Gasteiger partial charge is 0.481 e. The number of ketones is 4. The van der Waals surface area contributed by atoms with Gasteiger partial charge in [0.05, 0.1) is 51.5 Å². The molecule has 1 aromatic rings. The molecule has 0 aliphatic heterocycles. The monoisotopic (exact) mass is 1320 g/mol. The van der Waals surface area contributed by atoms with Crippen LogP contribution >= 0.6 is 12.6 Å². The van der Waals surface area contributed by atoms with E-state index in [1.165, 1.54) is 39.0 Å². The van der Waals surface area contributed by atoms with E-state index >= 15 is 0 Å². The quantitative estimate of drug-likeness (QED) is 0.0236. The first-order chi connectivity index (χ1) is 44.2. The van der Waals surface area contributed by atoms with Crippen LogP contribution in [-0.2, 0) is 82.9 Å². The van der Waals surface area contributed by atoms with E-state index in [1.54, 1.807) is 6.26 Å². The number of ether oxygens (including phenoxy) is 4. The minimum Gasteiger partial charge on any atom is -0.481 e. The molecule has 5 atom stereocenters. The number of amides is 4. The first-order valence-corrected chi connectivity index (χ1v) is 33.7. The van der Waals surface area contributed by atoms with Gasteiger partial charge in [0, 0.05) is 70.6 Å². The Morgan fingerprint density at radius 2 is 0.946 bits per heavy atom. The number of carboxylic acids is 4. The van der Waals surface area contributed by atoms with Crippen molar-refractivity contribution in [3.63, 3.8) is 0 Å². The fraction of sp³-hybridized carbons (Fsp3) is 0.727. The van der Waals surface area contributed by atoms with E-state index in [0.29, 0.717) is 38.5 Å². The zero-order valence-electron chi connectivity index (χ0n) is 54.8. The summed E-state index contributed by atoms with van der Waals surface area (Å²) in [6.07, 6.45) is 18.1. The molecule has 1 aromatic carbocycles. The van der Waals surface area contributed by atoms with Gasteiger partial charge in [0.2, 0.25) is 23.6 Å². The molecule has 524 valence electrons. The summed E-state index contributed by atoms with van der Waals surface area (Å²) in [6, 6.07) is 6.51. The molecule has 0 bridgehead atoms. The third-order valence-corrected chi connectivity index (χ3v) is 15.0. The van der Waals surface area contributed by atoms with Crippen LogP contribution < -0.4 is 26.6 Å². The molecule has 9 N–H and O–H groups in total. The Morgan fingerprint density at radius 3 is 1.50 bits per heavy atom. The lowest BCUT2D eigenvalue weighted by Crippen LogP contribution is -2.42. The molecule has 1 unspecified atom stereocenters. The van der Waals surface area contributed by atoms with Crippen LogP contribution in [0.3, 0.4) is 0 Å². The van der Waals surface area contributed by atoms with Crippen LogP contribution in [0, 0.1) is 11.8 Å². The zero-order chi connectivity index (χ0) is 68.6. The highest BCUT2D eigenvalue weighted by atomic mass is 32.1. The number of carboxylic acid groups (broad SMARTS) is 4. The van der Waals surface area contributed by atoms with Crippen LogP contribution in [-0.4, -0.2) is 188 Å². The van der Waals surface area contributed by atoms with Gasteiger partial charge >= 0.3 is 23.9 Å². The summed E-state index contributed by atoms with van der Waals surface area (Å²) in [5.41, 5.74) is 1.05. The average Bonchev–Trinajstić information content (AvgIpc) is 3.55. The fourth-order valence-corrected chi connectivity index (χ4v) is 9.58. The molecule has 0 aliphatic rings. The molecule has 0 saturated heterocycles. The average molecular weight is 1320 g/mol. The maximum Gasteiger partial charge on any atom is 0.326 e. The molecular weight excluding hydrogens is 1210 g/mol. The van der Waals surface area contributed by atoms with Crippen LogP contribution in [0.1, 0.15) is 199 Å². The van der Waals surface area contributed by atoms with E-state index in [-0.39, 0.29) is 159 Å². The fourth-order valence-electron chi connectivity index (χ4n) is 9.58.